The summed E-state index contributed by atoms with van der Waals surface area (Å²) in [5.41, 5.74) is 6.14. The molecule has 4 atom stereocenters. The molecule has 4 heterocycles. The largest absolute Gasteiger partial charge is 0.453 e. The van der Waals surface area contributed by atoms with E-state index >= 15 is 0 Å². The van der Waals surface area contributed by atoms with Gasteiger partial charge in [0.15, 0.2) is 0 Å². The van der Waals surface area contributed by atoms with Gasteiger partial charge in [-0.15, -0.1) is 0 Å². The lowest BCUT2D eigenvalue weighted by Crippen LogP contribution is -2.51. The Morgan fingerprint density at radius 3 is 2.22 bits per heavy atom. The predicted molar refractivity (Wildman–Crippen MR) is 204 cm³/mol. The van der Waals surface area contributed by atoms with Gasteiger partial charge in [0.2, 0.25) is 18.2 Å². The number of aryl methyl sites for hydroxylation is 2. The van der Waals surface area contributed by atoms with Gasteiger partial charge in [0.25, 0.3) is 0 Å². The van der Waals surface area contributed by atoms with Crippen LogP contribution in [-0.2, 0) is 36.9 Å². The van der Waals surface area contributed by atoms with Gasteiger partial charge in [-0.05, 0) is 79.2 Å². The van der Waals surface area contributed by atoms with Crippen molar-refractivity contribution in [3.63, 3.8) is 0 Å². The Labute approximate surface area is 316 Å². The quantitative estimate of drug-likeness (QED) is 0.0606. The average Bonchev–Trinajstić information content (AvgIpc) is 4.00. The lowest BCUT2D eigenvalue weighted by Gasteiger charge is -2.29. The van der Waals surface area contributed by atoms with E-state index in [1.807, 2.05) is 49.8 Å². The fourth-order valence-electron chi connectivity index (χ4n) is 7.51. The molecule has 0 spiro atoms. The van der Waals surface area contributed by atoms with E-state index in [-0.39, 0.29) is 35.7 Å². The zero-order valence-electron chi connectivity index (χ0n) is 32.0. The molecule has 4 aromatic rings. The van der Waals surface area contributed by atoms with Crippen molar-refractivity contribution in [2.75, 3.05) is 27.3 Å². The number of carbonyl (C=O) groups excluding carboxylic acids is 3. The van der Waals surface area contributed by atoms with Gasteiger partial charge in [0.05, 0.1) is 49.2 Å². The first-order chi connectivity index (χ1) is 26.1. The number of aromatic amines is 2. The summed E-state index contributed by atoms with van der Waals surface area (Å²) in [6.07, 6.45) is 7.53. The molecular weight excluding hydrogens is 688 g/mol. The molecule has 0 unspecified atom stereocenters. The van der Waals surface area contributed by atoms with Crippen molar-refractivity contribution in [3.8, 4) is 11.3 Å². The van der Waals surface area contributed by atoms with E-state index in [9.17, 15) is 14.4 Å². The molecule has 6 rings (SSSR count). The highest BCUT2D eigenvalue weighted by atomic mass is 17.2. The zero-order chi connectivity index (χ0) is 38.4. The van der Waals surface area contributed by atoms with Crippen molar-refractivity contribution < 1.29 is 28.9 Å². The molecule has 2 aliphatic rings. The molecule has 54 heavy (non-hydrogen) atoms. The van der Waals surface area contributed by atoms with Crippen LogP contribution in [0, 0.1) is 11.8 Å². The second-order valence-corrected chi connectivity index (χ2v) is 14.8. The van der Waals surface area contributed by atoms with Gasteiger partial charge in [-0.2, -0.15) is 4.89 Å². The second-order valence-electron chi connectivity index (χ2n) is 14.8. The number of alkyl carbamates (subject to hydrolysis) is 1. The normalized spacial score (nSPS) is 18.6. The zero-order valence-corrected chi connectivity index (χ0v) is 32.0. The minimum atomic E-state index is -0.674. The predicted octanol–water partition coefficient (Wildman–Crippen LogP) is 6.08. The summed E-state index contributed by atoms with van der Waals surface area (Å²) in [5, 5.41) is 2.71. The van der Waals surface area contributed by atoms with Crippen LogP contribution in [0.3, 0.4) is 0 Å². The first kappa shape index (κ1) is 38.5. The standard InChI is InChI=1S/C40H52N8O6/c1-24(2)34(42-23-54-53-6)38(49)47-19-7-9-32(47)36-41-22-31(45-36)28-16-13-26(14-17-28)11-12-27-15-18-29-30(21-27)44-37(43-29)33-10-8-20-48(33)39(50)35(25(3)4)46-40(51)52-5/h13-18,21-25,32-35H,7-12,19-20H2,1-6H3,(H,41,45)(H,43,44)(H,46,51)/t32-,33-,34-,35-/m0/s1. The van der Waals surface area contributed by atoms with Crippen LogP contribution < -0.4 is 5.32 Å². The number of carbonyl (C=O) groups is 3. The summed E-state index contributed by atoms with van der Waals surface area (Å²) in [5.74, 6) is 1.28. The first-order valence-electron chi connectivity index (χ1n) is 18.9. The van der Waals surface area contributed by atoms with Crippen molar-refractivity contribution >= 4 is 35.3 Å². The van der Waals surface area contributed by atoms with Gasteiger partial charge in [-0.25, -0.2) is 19.8 Å². The van der Waals surface area contributed by atoms with Crippen LogP contribution in [0.2, 0.25) is 0 Å². The van der Waals surface area contributed by atoms with Gasteiger partial charge in [-0.1, -0.05) is 58.0 Å². The van der Waals surface area contributed by atoms with E-state index in [4.69, 9.17) is 19.6 Å². The van der Waals surface area contributed by atoms with E-state index < -0.39 is 18.2 Å². The SMILES string of the molecule is COOC=N[C@H](C(=O)N1CCC[C@H]1c1ncc(-c2ccc(CCc3ccc4nc([C@@H]5CCCN5C(=O)[C@@H](NC(=O)OC)C(C)C)[nH]c4c3)cc2)[nH]1)C(C)C. The third-order valence-electron chi connectivity index (χ3n) is 10.5. The molecule has 0 radical (unpaired) electrons. The molecular formula is C40H52N8O6. The fourth-order valence-corrected chi connectivity index (χ4v) is 7.51. The molecule has 2 fully saturated rings. The highest BCUT2D eigenvalue weighted by molar-refractivity contribution is 5.87. The van der Waals surface area contributed by atoms with Crippen LogP contribution in [0.25, 0.3) is 22.3 Å². The molecule has 3 N–H and O–H groups in total. The molecule has 0 bridgehead atoms. The van der Waals surface area contributed by atoms with Gasteiger partial charge < -0.3 is 34.7 Å². The Balaban J connectivity index is 1.07. The molecule has 2 aromatic carbocycles. The summed E-state index contributed by atoms with van der Waals surface area (Å²) < 4.78 is 4.76. The van der Waals surface area contributed by atoms with E-state index in [2.05, 4.69) is 61.6 Å². The third kappa shape index (κ3) is 8.59. The number of amides is 3. The highest BCUT2D eigenvalue weighted by Gasteiger charge is 2.38. The van der Waals surface area contributed by atoms with E-state index in [1.165, 1.54) is 31.7 Å². The molecule has 14 heteroatoms. The van der Waals surface area contributed by atoms with Crippen LogP contribution in [-0.4, -0.2) is 93.4 Å². The molecule has 2 saturated heterocycles. The van der Waals surface area contributed by atoms with Crippen LogP contribution in [0.5, 0.6) is 0 Å². The minimum absolute atomic E-state index is 0.00293. The lowest BCUT2D eigenvalue weighted by molar-refractivity contribution is -0.188. The molecule has 0 aliphatic carbocycles. The number of fused-ring (bicyclic) bond motifs is 1. The van der Waals surface area contributed by atoms with E-state index in [1.54, 1.807) is 0 Å². The Kier molecular flexibility index (Phi) is 12.3. The summed E-state index contributed by atoms with van der Waals surface area (Å²) in [6, 6.07) is 13.2. The third-order valence-corrected chi connectivity index (χ3v) is 10.5. The number of nitrogens with one attached hydrogen (secondary N) is 3. The minimum Gasteiger partial charge on any atom is -0.453 e. The number of aliphatic imine (C=N–C) groups is 1. The monoisotopic (exact) mass is 740 g/mol. The number of hydrogen-bond donors (Lipinski definition) is 3. The van der Waals surface area contributed by atoms with E-state index in [0.717, 1.165) is 72.5 Å². The van der Waals surface area contributed by atoms with Crippen LogP contribution in [0.1, 0.15) is 88.2 Å². The number of ether oxygens (including phenoxy) is 1. The number of likely N-dealkylation sites (tertiary alicyclic amines) is 2. The molecule has 2 aliphatic heterocycles. The maximum absolute atomic E-state index is 13.6. The molecule has 14 nitrogen and oxygen atoms in total. The van der Waals surface area contributed by atoms with Crippen molar-refractivity contribution in [2.45, 2.75) is 90.4 Å². The summed E-state index contributed by atoms with van der Waals surface area (Å²) >= 11 is 0. The maximum Gasteiger partial charge on any atom is 0.407 e. The average molecular weight is 741 g/mol. The molecule has 288 valence electrons. The number of nitrogens with zero attached hydrogens (tertiary/aromatic N) is 5. The van der Waals surface area contributed by atoms with Crippen molar-refractivity contribution in [1.29, 1.82) is 0 Å². The Morgan fingerprint density at radius 2 is 1.56 bits per heavy atom. The number of aromatic nitrogens is 4. The van der Waals surface area contributed by atoms with Gasteiger partial charge >= 0.3 is 6.09 Å². The lowest BCUT2D eigenvalue weighted by atomic mass is 10.0. The Morgan fingerprint density at radius 1 is 0.889 bits per heavy atom. The summed E-state index contributed by atoms with van der Waals surface area (Å²) in [4.78, 5) is 73.0. The Bertz CT molecular complexity index is 1940. The molecule has 2 aromatic heterocycles. The molecule has 3 amide bonds. The highest BCUT2D eigenvalue weighted by Crippen LogP contribution is 2.34. The number of rotatable bonds is 14. The van der Waals surface area contributed by atoms with Gasteiger partial charge in [-0.3, -0.25) is 9.59 Å². The second kappa shape index (κ2) is 17.3. The number of H-pyrrole nitrogens is 2. The number of imidazole rings is 2. The fraction of sp³-hybridized carbons (Fsp3) is 0.500. The number of benzene rings is 2. The Hall–Kier alpha value is -5.24. The molecule has 0 saturated carbocycles. The summed E-state index contributed by atoms with van der Waals surface area (Å²) in [6.45, 7) is 9.02. The number of methoxy groups -OCH3 is 1. The van der Waals surface area contributed by atoms with Crippen molar-refractivity contribution in [2.24, 2.45) is 16.8 Å². The van der Waals surface area contributed by atoms with Crippen LogP contribution >= 0.6 is 0 Å². The van der Waals surface area contributed by atoms with E-state index in [0.29, 0.717) is 13.1 Å². The van der Waals surface area contributed by atoms with Crippen molar-refractivity contribution in [1.82, 2.24) is 35.1 Å². The maximum atomic E-state index is 13.6. The van der Waals surface area contributed by atoms with Crippen LogP contribution in [0.15, 0.2) is 53.7 Å². The van der Waals surface area contributed by atoms with Crippen molar-refractivity contribution in [3.05, 3.63) is 71.4 Å². The first-order valence-corrected chi connectivity index (χ1v) is 18.9. The van der Waals surface area contributed by atoms with Gasteiger partial charge in [0, 0.05) is 13.1 Å². The smallest absolute Gasteiger partial charge is 0.407 e. The topological polar surface area (TPSA) is 167 Å². The number of hydrogen-bond acceptors (Lipinski definition) is 9. The van der Waals surface area contributed by atoms with Gasteiger partial charge in [0.1, 0.15) is 23.7 Å². The van der Waals surface area contributed by atoms with Crippen LogP contribution in [0.4, 0.5) is 4.79 Å². The summed E-state index contributed by atoms with van der Waals surface area (Å²) in [7, 11) is 2.69.